The molecule has 3 rings (SSSR count). The Bertz CT molecular complexity index is 873. The van der Waals surface area contributed by atoms with Crippen molar-refractivity contribution in [1.82, 2.24) is 9.78 Å². The summed E-state index contributed by atoms with van der Waals surface area (Å²) < 4.78 is 11.9. The molecular formula is C18H16N2O3. The average Bonchev–Trinajstić information content (AvgIpc) is 2.61. The van der Waals surface area contributed by atoms with Gasteiger partial charge in [0.15, 0.2) is 11.5 Å². The SMILES string of the molecule is COc1ccc(-c2cnn(-c3ccccc3)c(=O)c2)cc1OC. The summed E-state index contributed by atoms with van der Waals surface area (Å²) in [5, 5.41) is 4.26. The minimum atomic E-state index is -0.191. The van der Waals surface area contributed by atoms with Crippen molar-refractivity contribution >= 4 is 0 Å². The Balaban J connectivity index is 2.02. The lowest BCUT2D eigenvalue weighted by Crippen LogP contribution is -2.19. The van der Waals surface area contributed by atoms with E-state index >= 15 is 0 Å². The molecule has 3 aromatic rings. The summed E-state index contributed by atoms with van der Waals surface area (Å²) in [7, 11) is 3.16. The molecule has 116 valence electrons. The largest absolute Gasteiger partial charge is 0.493 e. The Kier molecular flexibility index (Phi) is 4.10. The van der Waals surface area contributed by atoms with Crippen LogP contribution < -0.4 is 15.0 Å². The summed E-state index contributed by atoms with van der Waals surface area (Å²) in [6.07, 6.45) is 1.66. The van der Waals surface area contributed by atoms with E-state index in [1.54, 1.807) is 32.5 Å². The molecule has 1 heterocycles. The highest BCUT2D eigenvalue weighted by molar-refractivity contribution is 5.66. The molecule has 0 aliphatic carbocycles. The Morgan fingerprint density at radius 1 is 0.870 bits per heavy atom. The molecule has 0 radical (unpaired) electrons. The zero-order chi connectivity index (χ0) is 16.2. The summed E-state index contributed by atoms with van der Waals surface area (Å²) in [6.45, 7) is 0. The number of methoxy groups -OCH3 is 2. The number of benzene rings is 2. The molecule has 0 amide bonds. The fraction of sp³-hybridized carbons (Fsp3) is 0.111. The fourth-order valence-corrected chi connectivity index (χ4v) is 2.35. The van der Waals surface area contributed by atoms with Gasteiger partial charge >= 0.3 is 0 Å². The van der Waals surface area contributed by atoms with Crippen molar-refractivity contribution in [2.75, 3.05) is 14.2 Å². The van der Waals surface area contributed by atoms with Crippen molar-refractivity contribution in [2.45, 2.75) is 0 Å². The highest BCUT2D eigenvalue weighted by Crippen LogP contribution is 2.31. The van der Waals surface area contributed by atoms with Crippen LogP contribution in [0, 0.1) is 0 Å². The Morgan fingerprint density at radius 3 is 2.26 bits per heavy atom. The third-order valence-electron chi connectivity index (χ3n) is 3.52. The number of nitrogens with zero attached hydrogens (tertiary/aromatic N) is 2. The predicted octanol–water partition coefficient (Wildman–Crippen LogP) is 2.92. The topological polar surface area (TPSA) is 53.4 Å². The number of ether oxygens (including phenoxy) is 2. The van der Waals surface area contributed by atoms with Crippen LogP contribution in [0.1, 0.15) is 0 Å². The van der Waals surface area contributed by atoms with E-state index in [1.165, 1.54) is 4.68 Å². The molecule has 2 aromatic carbocycles. The molecule has 5 heteroatoms. The predicted molar refractivity (Wildman–Crippen MR) is 88.4 cm³/mol. The summed E-state index contributed by atoms with van der Waals surface area (Å²) in [4.78, 5) is 12.3. The van der Waals surface area contributed by atoms with Crippen molar-refractivity contribution in [1.29, 1.82) is 0 Å². The highest BCUT2D eigenvalue weighted by atomic mass is 16.5. The maximum Gasteiger partial charge on any atom is 0.272 e. The van der Waals surface area contributed by atoms with Gasteiger partial charge in [0.2, 0.25) is 0 Å². The molecule has 0 bridgehead atoms. The normalized spacial score (nSPS) is 10.3. The van der Waals surface area contributed by atoms with E-state index in [1.807, 2.05) is 42.5 Å². The Morgan fingerprint density at radius 2 is 1.61 bits per heavy atom. The van der Waals surface area contributed by atoms with E-state index in [9.17, 15) is 4.79 Å². The van der Waals surface area contributed by atoms with Crippen molar-refractivity contribution < 1.29 is 9.47 Å². The molecular weight excluding hydrogens is 292 g/mol. The van der Waals surface area contributed by atoms with Gasteiger partial charge in [0, 0.05) is 11.6 Å². The van der Waals surface area contributed by atoms with Crippen LogP contribution in [0.4, 0.5) is 0 Å². The zero-order valence-electron chi connectivity index (χ0n) is 12.9. The van der Waals surface area contributed by atoms with Gasteiger partial charge in [-0.15, -0.1) is 0 Å². The molecule has 0 aliphatic heterocycles. The smallest absolute Gasteiger partial charge is 0.272 e. The van der Waals surface area contributed by atoms with Crippen LogP contribution in [-0.4, -0.2) is 24.0 Å². The van der Waals surface area contributed by atoms with E-state index in [4.69, 9.17) is 9.47 Å². The number of aromatic nitrogens is 2. The lowest BCUT2D eigenvalue weighted by atomic mass is 10.1. The van der Waals surface area contributed by atoms with Crippen molar-refractivity contribution in [3.63, 3.8) is 0 Å². The second kappa shape index (κ2) is 6.36. The molecule has 1 aromatic heterocycles. The van der Waals surface area contributed by atoms with Crippen LogP contribution in [0.5, 0.6) is 11.5 Å². The fourth-order valence-electron chi connectivity index (χ4n) is 2.35. The quantitative estimate of drug-likeness (QED) is 0.743. The van der Waals surface area contributed by atoms with Crippen LogP contribution in [-0.2, 0) is 0 Å². The maximum absolute atomic E-state index is 12.3. The number of hydrogen-bond donors (Lipinski definition) is 0. The lowest BCUT2D eigenvalue weighted by Gasteiger charge is -2.10. The van der Waals surface area contributed by atoms with E-state index in [0.717, 1.165) is 16.8 Å². The van der Waals surface area contributed by atoms with E-state index < -0.39 is 0 Å². The van der Waals surface area contributed by atoms with Crippen molar-refractivity contribution in [3.8, 4) is 28.3 Å². The minimum Gasteiger partial charge on any atom is -0.493 e. The van der Waals surface area contributed by atoms with Gasteiger partial charge in [0.1, 0.15) is 0 Å². The Labute approximate surface area is 133 Å². The van der Waals surface area contributed by atoms with Gasteiger partial charge in [-0.3, -0.25) is 4.79 Å². The van der Waals surface area contributed by atoms with E-state index in [2.05, 4.69) is 5.10 Å². The van der Waals surface area contributed by atoms with Crippen LogP contribution in [0.25, 0.3) is 16.8 Å². The van der Waals surface area contributed by atoms with Gasteiger partial charge < -0.3 is 9.47 Å². The lowest BCUT2D eigenvalue weighted by molar-refractivity contribution is 0.355. The summed E-state index contributed by atoms with van der Waals surface area (Å²) in [5.41, 5.74) is 2.11. The van der Waals surface area contributed by atoms with Crippen molar-refractivity contribution in [3.05, 3.63) is 71.1 Å². The second-order valence-electron chi connectivity index (χ2n) is 4.90. The first-order chi connectivity index (χ1) is 11.2. The summed E-state index contributed by atoms with van der Waals surface area (Å²) >= 11 is 0. The Hall–Kier alpha value is -3.08. The van der Waals surface area contributed by atoms with Crippen LogP contribution in [0.15, 0.2) is 65.6 Å². The van der Waals surface area contributed by atoms with E-state index in [0.29, 0.717) is 11.5 Å². The molecule has 0 N–H and O–H groups in total. The molecule has 23 heavy (non-hydrogen) atoms. The maximum atomic E-state index is 12.3. The van der Waals surface area contributed by atoms with Crippen LogP contribution in [0.2, 0.25) is 0 Å². The molecule has 0 atom stereocenters. The highest BCUT2D eigenvalue weighted by Gasteiger charge is 2.08. The molecule has 0 fully saturated rings. The molecule has 0 aliphatic rings. The summed E-state index contributed by atoms with van der Waals surface area (Å²) in [6, 6.07) is 16.4. The summed E-state index contributed by atoms with van der Waals surface area (Å²) in [5.74, 6) is 1.25. The van der Waals surface area contributed by atoms with Crippen LogP contribution in [0.3, 0.4) is 0 Å². The molecule has 0 saturated carbocycles. The van der Waals surface area contributed by atoms with Gasteiger partial charge in [0.05, 0.1) is 26.1 Å². The van der Waals surface area contributed by atoms with Gasteiger partial charge in [-0.05, 0) is 29.8 Å². The standard InChI is InChI=1S/C18H16N2O3/c1-22-16-9-8-13(10-17(16)23-2)14-11-18(21)20(19-12-14)15-6-4-3-5-7-15/h3-12H,1-2H3. The van der Waals surface area contributed by atoms with Crippen LogP contribution >= 0.6 is 0 Å². The zero-order valence-corrected chi connectivity index (χ0v) is 12.9. The molecule has 5 nitrogen and oxygen atoms in total. The minimum absolute atomic E-state index is 0.191. The second-order valence-corrected chi connectivity index (χ2v) is 4.90. The third kappa shape index (κ3) is 2.94. The number of hydrogen-bond acceptors (Lipinski definition) is 4. The van der Waals surface area contributed by atoms with Gasteiger partial charge in [0.25, 0.3) is 5.56 Å². The first-order valence-corrected chi connectivity index (χ1v) is 7.10. The molecule has 0 unspecified atom stereocenters. The first-order valence-electron chi connectivity index (χ1n) is 7.10. The molecule has 0 saturated heterocycles. The van der Waals surface area contributed by atoms with Gasteiger partial charge in [-0.1, -0.05) is 24.3 Å². The number of rotatable bonds is 4. The molecule has 0 spiro atoms. The van der Waals surface area contributed by atoms with E-state index in [-0.39, 0.29) is 5.56 Å². The van der Waals surface area contributed by atoms with Gasteiger partial charge in [-0.25, -0.2) is 0 Å². The first kappa shape index (κ1) is 14.8. The number of para-hydroxylation sites is 1. The van der Waals surface area contributed by atoms with Gasteiger partial charge in [-0.2, -0.15) is 9.78 Å². The van der Waals surface area contributed by atoms with Crippen molar-refractivity contribution in [2.24, 2.45) is 0 Å². The monoisotopic (exact) mass is 308 g/mol. The average molecular weight is 308 g/mol. The third-order valence-corrected chi connectivity index (χ3v) is 3.52.